The second-order valence-electron chi connectivity index (χ2n) is 6.64. The summed E-state index contributed by atoms with van der Waals surface area (Å²) in [7, 11) is 0. The van der Waals surface area contributed by atoms with Crippen molar-refractivity contribution in [3.8, 4) is 5.69 Å². The molecule has 9 heteroatoms. The van der Waals surface area contributed by atoms with Crippen molar-refractivity contribution in [2.24, 2.45) is 0 Å². The molecule has 0 spiro atoms. The van der Waals surface area contributed by atoms with Crippen LogP contribution >= 0.6 is 0 Å². The summed E-state index contributed by atoms with van der Waals surface area (Å²) in [5.74, 6) is -0.588. The van der Waals surface area contributed by atoms with E-state index < -0.39 is 23.7 Å². The normalized spacial score (nSPS) is 12.4. The number of alkyl halides is 3. The first-order valence-electron chi connectivity index (χ1n) is 9.29. The lowest BCUT2D eigenvalue weighted by molar-refractivity contribution is -0.137. The number of benzene rings is 2. The van der Waals surface area contributed by atoms with Crippen molar-refractivity contribution in [3.63, 3.8) is 0 Å². The number of carbonyl (C=O) groups is 1. The number of para-hydroxylation sites is 1. The van der Waals surface area contributed by atoms with Gasteiger partial charge in [0, 0.05) is 6.20 Å². The Kier molecular flexibility index (Phi) is 5.48. The van der Waals surface area contributed by atoms with E-state index in [2.05, 4.69) is 20.6 Å². The van der Waals surface area contributed by atoms with Gasteiger partial charge in [-0.25, -0.2) is 4.68 Å². The fraction of sp³-hybridized carbons (Fsp3) is 0.0909. The molecule has 0 saturated carbocycles. The van der Waals surface area contributed by atoms with Gasteiger partial charge >= 0.3 is 6.18 Å². The van der Waals surface area contributed by atoms with Gasteiger partial charge in [-0.3, -0.25) is 9.78 Å². The van der Waals surface area contributed by atoms with Gasteiger partial charge < -0.3 is 5.32 Å². The Morgan fingerprint density at radius 1 is 0.935 bits per heavy atom. The van der Waals surface area contributed by atoms with Crippen LogP contribution < -0.4 is 5.32 Å². The first-order valence-corrected chi connectivity index (χ1v) is 9.29. The Morgan fingerprint density at radius 2 is 1.65 bits per heavy atom. The Balaban J connectivity index is 1.63. The molecule has 0 aliphatic carbocycles. The number of aromatic nitrogens is 4. The summed E-state index contributed by atoms with van der Waals surface area (Å²) in [5.41, 5.74) is 0.198. The minimum Gasteiger partial charge on any atom is -0.338 e. The van der Waals surface area contributed by atoms with Gasteiger partial charge in [-0.2, -0.15) is 13.2 Å². The van der Waals surface area contributed by atoms with Gasteiger partial charge in [0.15, 0.2) is 5.69 Å². The molecule has 0 radical (unpaired) electrons. The average molecular weight is 423 g/mol. The zero-order valence-corrected chi connectivity index (χ0v) is 16.0. The predicted molar refractivity (Wildman–Crippen MR) is 106 cm³/mol. The number of rotatable bonds is 5. The van der Waals surface area contributed by atoms with Crippen LogP contribution in [-0.4, -0.2) is 25.9 Å². The number of hydrogen-bond donors (Lipinski definition) is 1. The third-order valence-corrected chi connectivity index (χ3v) is 4.57. The maximum absolute atomic E-state index is 13.3. The van der Waals surface area contributed by atoms with E-state index in [1.54, 1.807) is 24.4 Å². The lowest BCUT2D eigenvalue weighted by Crippen LogP contribution is -2.30. The molecule has 0 fully saturated rings. The van der Waals surface area contributed by atoms with Crippen LogP contribution in [0.4, 0.5) is 13.2 Å². The molecule has 4 aromatic rings. The van der Waals surface area contributed by atoms with Crippen molar-refractivity contribution in [3.05, 3.63) is 108 Å². The minimum atomic E-state index is -4.57. The summed E-state index contributed by atoms with van der Waals surface area (Å²) in [6.45, 7) is 0. The summed E-state index contributed by atoms with van der Waals surface area (Å²) in [6, 6.07) is 18.9. The molecule has 0 unspecified atom stereocenters. The van der Waals surface area contributed by atoms with Crippen molar-refractivity contribution < 1.29 is 18.0 Å². The number of pyridine rings is 1. The number of hydrogen-bond acceptors (Lipinski definition) is 4. The quantitative estimate of drug-likeness (QED) is 0.522. The molecule has 2 aromatic heterocycles. The van der Waals surface area contributed by atoms with E-state index in [0.717, 1.165) is 16.3 Å². The Morgan fingerprint density at radius 3 is 2.35 bits per heavy atom. The third kappa shape index (κ3) is 4.45. The van der Waals surface area contributed by atoms with E-state index in [0.29, 0.717) is 5.69 Å². The van der Waals surface area contributed by atoms with Crippen LogP contribution in [-0.2, 0) is 6.18 Å². The predicted octanol–water partition coefficient (Wildman–Crippen LogP) is 4.20. The highest BCUT2D eigenvalue weighted by molar-refractivity contribution is 5.92. The molecule has 1 amide bonds. The summed E-state index contributed by atoms with van der Waals surface area (Å²) in [6.07, 6.45) is -1.79. The number of nitrogens with zero attached hydrogens (tertiary/aromatic N) is 4. The van der Waals surface area contributed by atoms with Crippen LogP contribution in [0.3, 0.4) is 0 Å². The first-order chi connectivity index (χ1) is 14.9. The standard InChI is InChI=1S/C22H16F3N5O/c23-22(24,25)16-10-4-5-12-19(16)30-14-18(28-29-30)21(31)27-20(15-8-2-1-3-9-15)17-11-6-7-13-26-17/h1-14,20H,(H,27,31)/t20-/m0/s1. The lowest BCUT2D eigenvalue weighted by atomic mass is 10.0. The number of halogens is 3. The monoisotopic (exact) mass is 423 g/mol. The summed E-state index contributed by atoms with van der Waals surface area (Å²) in [5, 5.41) is 10.3. The molecule has 0 bridgehead atoms. The van der Waals surface area contributed by atoms with Crippen LogP contribution in [0, 0.1) is 0 Å². The second kappa shape index (κ2) is 8.39. The van der Waals surface area contributed by atoms with Gasteiger partial charge in [0.1, 0.15) is 0 Å². The van der Waals surface area contributed by atoms with Crippen molar-refractivity contribution >= 4 is 5.91 Å². The summed E-state index contributed by atoms with van der Waals surface area (Å²) in [4.78, 5) is 17.2. The van der Waals surface area contributed by atoms with Gasteiger partial charge in [0.05, 0.1) is 29.2 Å². The highest BCUT2D eigenvalue weighted by atomic mass is 19.4. The van der Waals surface area contributed by atoms with Crippen LogP contribution in [0.1, 0.15) is 33.4 Å². The van der Waals surface area contributed by atoms with Crippen molar-refractivity contribution in [2.45, 2.75) is 12.2 Å². The van der Waals surface area contributed by atoms with E-state index in [4.69, 9.17) is 0 Å². The lowest BCUT2D eigenvalue weighted by Gasteiger charge is -2.18. The zero-order chi connectivity index (χ0) is 21.8. The molecular weight excluding hydrogens is 407 g/mol. The van der Waals surface area contributed by atoms with E-state index in [1.165, 1.54) is 24.4 Å². The van der Waals surface area contributed by atoms with Crippen LogP contribution in [0.25, 0.3) is 5.69 Å². The van der Waals surface area contributed by atoms with Gasteiger partial charge in [-0.15, -0.1) is 5.10 Å². The van der Waals surface area contributed by atoms with Crippen molar-refractivity contribution in [1.82, 2.24) is 25.3 Å². The van der Waals surface area contributed by atoms with E-state index in [1.807, 2.05) is 30.3 Å². The van der Waals surface area contributed by atoms with Crippen LogP contribution in [0.15, 0.2) is 85.2 Å². The van der Waals surface area contributed by atoms with Gasteiger partial charge in [-0.1, -0.05) is 53.7 Å². The molecule has 0 aliphatic heterocycles. The molecule has 0 aliphatic rings. The second-order valence-corrected chi connectivity index (χ2v) is 6.64. The molecule has 1 atom stereocenters. The largest absolute Gasteiger partial charge is 0.418 e. The molecule has 156 valence electrons. The molecule has 2 aromatic carbocycles. The van der Waals surface area contributed by atoms with Crippen molar-refractivity contribution in [2.75, 3.05) is 0 Å². The molecule has 4 rings (SSSR count). The minimum absolute atomic E-state index is 0.117. The Bertz CT molecular complexity index is 1140. The fourth-order valence-electron chi connectivity index (χ4n) is 3.12. The molecule has 0 saturated heterocycles. The topological polar surface area (TPSA) is 72.7 Å². The Hall–Kier alpha value is -4.01. The van der Waals surface area contributed by atoms with E-state index in [-0.39, 0.29) is 11.4 Å². The smallest absolute Gasteiger partial charge is 0.338 e. The first kappa shape index (κ1) is 20.3. The van der Waals surface area contributed by atoms with Gasteiger partial charge in [-0.05, 0) is 29.8 Å². The van der Waals surface area contributed by atoms with Gasteiger partial charge in [0.25, 0.3) is 5.91 Å². The molecule has 1 N–H and O–H groups in total. The van der Waals surface area contributed by atoms with Gasteiger partial charge in [0.2, 0.25) is 0 Å². The average Bonchev–Trinajstić information content (AvgIpc) is 3.28. The number of nitrogens with one attached hydrogen (secondary N) is 1. The molecule has 31 heavy (non-hydrogen) atoms. The van der Waals surface area contributed by atoms with Crippen LogP contribution in [0.5, 0.6) is 0 Å². The van der Waals surface area contributed by atoms with Crippen LogP contribution in [0.2, 0.25) is 0 Å². The maximum atomic E-state index is 13.3. The number of carbonyl (C=O) groups excluding carboxylic acids is 1. The molecule has 2 heterocycles. The third-order valence-electron chi connectivity index (χ3n) is 4.57. The van der Waals surface area contributed by atoms with E-state index >= 15 is 0 Å². The summed E-state index contributed by atoms with van der Waals surface area (Å²) < 4.78 is 40.8. The number of amides is 1. The summed E-state index contributed by atoms with van der Waals surface area (Å²) >= 11 is 0. The SMILES string of the molecule is O=C(N[C@@H](c1ccccc1)c1ccccn1)c1cn(-c2ccccc2C(F)(F)F)nn1. The van der Waals surface area contributed by atoms with E-state index in [9.17, 15) is 18.0 Å². The fourth-order valence-corrected chi connectivity index (χ4v) is 3.12. The molecule has 6 nitrogen and oxygen atoms in total. The highest BCUT2D eigenvalue weighted by Gasteiger charge is 2.34. The van der Waals surface area contributed by atoms with Crippen molar-refractivity contribution in [1.29, 1.82) is 0 Å². The maximum Gasteiger partial charge on any atom is 0.418 e. The highest BCUT2D eigenvalue weighted by Crippen LogP contribution is 2.33. The molecular formula is C22H16F3N5O. The Labute approximate surface area is 175 Å². The zero-order valence-electron chi connectivity index (χ0n) is 16.0.